The van der Waals surface area contributed by atoms with Gasteiger partial charge in [-0.2, -0.15) is 0 Å². The molecule has 0 aliphatic rings. The maximum absolute atomic E-state index is 6.31. The Morgan fingerprint density at radius 1 is 0.207 bits per heavy atom. The highest BCUT2D eigenvalue weighted by atomic mass is 16.4. The van der Waals surface area contributed by atoms with Crippen LogP contribution in [0.3, 0.4) is 0 Å². The molecular formula is C52H34N4O2. The van der Waals surface area contributed by atoms with Crippen molar-refractivity contribution < 1.29 is 8.83 Å². The number of rotatable bonds is 9. The van der Waals surface area contributed by atoms with Crippen molar-refractivity contribution in [2.75, 3.05) is 0 Å². The van der Waals surface area contributed by atoms with Crippen LogP contribution in [0.5, 0.6) is 0 Å². The first-order chi connectivity index (χ1) is 28.7. The van der Waals surface area contributed by atoms with Crippen molar-refractivity contribution in [1.29, 1.82) is 0 Å². The molecular weight excluding hydrogens is 713 g/mol. The molecule has 0 saturated heterocycles. The van der Waals surface area contributed by atoms with Gasteiger partial charge >= 0.3 is 0 Å². The van der Waals surface area contributed by atoms with Crippen LogP contribution in [0.15, 0.2) is 215 Å². The van der Waals surface area contributed by atoms with Crippen LogP contribution in [0.25, 0.3) is 101 Å². The van der Waals surface area contributed by atoms with Gasteiger partial charge in [0.05, 0.1) is 0 Å². The van der Waals surface area contributed by atoms with E-state index < -0.39 is 0 Å². The Morgan fingerprint density at radius 3 is 1.14 bits per heavy atom. The Kier molecular flexibility index (Phi) is 9.10. The first kappa shape index (κ1) is 34.5. The summed E-state index contributed by atoms with van der Waals surface area (Å²) in [7, 11) is 0. The third kappa shape index (κ3) is 6.80. The molecule has 6 nitrogen and oxygen atoms in total. The molecule has 0 spiro atoms. The molecule has 6 heteroatoms. The first-order valence-electron chi connectivity index (χ1n) is 19.1. The molecule has 0 bridgehead atoms. The highest BCUT2D eigenvalue weighted by Crippen LogP contribution is 2.45. The van der Waals surface area contributed by atoms with Crippen molar-refractivity contribution in [2.24, 2.45) is 0 Å². The van der Waals surface area contributed by atoms with Gasteiger partial charge in [-0.3, -0.25) is 0 Å². The Bertz CT molecular complexity index is 2990. The van der Waals surface area contributed by atoms with Crippen LogP contribution in [0.1, 0.15) is 0 Å². The fraction of sp³-hybridized carbons (Fsp3) is 0. The van der Waals surface area contributed by atoms with Crippen LogP contribution in [-0.4, -0.2) is 20.4 Å². The minimum atomic E-state index is 0.445. The molecule has 0 saturated carbocycles. The molecule has 2 heterocycles. The molecule has 10 aromatic rings. The Labute approximate surface area is 335 Å². The fourth-order valence-corrected chi connectivity index (χ4v) is 7.44. The van der Waals surface area contributed by atoms with Crippen LogP contribution in [0.2, 0.25) is 0 Å². The van der Waals surface area contributed by atoms with E-state index in [1.165, 1.54) is 0 Å². The summed E-state index contributed by atoms with van der Waals surface area (Å²) in [5.41, 5.74) is 14.1. The lowest BCUT2D eigenvalue weighted by atomic mass is 9.85. The predicted molar refractivity (Wildman–Crippen MR) is 231 cm³/mol. The maximum atomic E-state index is 6.31. The maximum Gasteiger partial charge on any atom is 0.248 e. The van der Waals surface area contributed by atoms with Crippen molar-refractivity contribution in [3.63, 3.8) is 0 Å². The number of benzene rings is 8. The zero-order valence-electron chi connectivity index (χ0n) is 31.2. The van der Waals surface area contributed by atoms with Gasteiger partial charge in [0.25, 0.3) is 0 Å². The predicted octanol–water partition coefficient (Wildman–Crippen LogP) is 13.5. The number of aromatic nitrogens is 4. The lowest BCUT2D eigenvalue weighted by Crippen LogP contribution is -1.94. The third-order valence-corrected chi connectivity index (χ3v) is 10.3. The quantitative estimate of drug-likeness (QED) is 0.146. The normalized spacial score (nSPS) is 11.1. The molecule has 0 radical (unpaired) electrons. The van der Waals surface area contributed by atoms with Gasteiger partial charge in [0.2, 0.25) is 23.6 Å². The van der Waals surface area contributed by atoms with Gasteiger partial charge in [-0.05, 0) is 110 Å². The molecule has 8 aromatic carbocycles. The Balaban J connectivity index is 1.18. The zero-order chi connectivity index (χ0) is 38.7. The fourth-order valence-electron chi connectivity index (χ4n) is 7.44. The lowest BCUT2D eigenvalue weighted by Gasteiger charge is -2.19. The molecule has 2 aromatic heterocycles. The van der Waals surface area contributed by atoms with Crippen molar-refractivity contribution in [2.45, 2.75) is 0 Å². The van der Waals surface area contributed by atoms with E-state index in [2.05, 4.69) is 154 Å². The summed E-state index contributed by atoms with van der Waals surface area (Å²) < 4.78 is 12.6. The van der Waals surface area contributed by atoms with E-state index in [4.69, 9.17) is 8.83 Å². The molecule has 0 aliphatic heterocycles. The van der Waals surface area contributed by atoms with E-state index >= 15 is 0 Å². The van der Waals surface area contributed by atoms with Gasteiger partial charge in [0.15, 0.2) is 0 Å². The monoisotopic (exact) mass is 746 g/mol. The molecule has 0 unspecified atom stereocenters. The second kappa shape index (κ2) is 15.3. The second-order valence-electron chi connectivity index (χ2n) is 13.9. The summed E-state index contributed by atoms with van der Waals surface area (Å²) in [4.78, 5) is 0. The SMILES string of the molecule is c1ccc(-c2cccc(-c3cc(-c4nnc(-c5ccccc5)o4)ccc3-c3ccc(-c4nnc(-c5ccccc5)o4)cc3-c3ccccc3-c3ccccc3)c2)cc1. The number of nitrogens with zero attached hydrogens (tertiary/aromatic N) is 4. The topological polar surface area (TPSA) is 77.8 Å². The van der Waals surface area contributed by atoms with Crippen molar-refractivity contribution in [1.82, 2.24) is 20.4 Å². The average molecular weight is 747 g/mol. The van der Waals surface area contributed by atoms with Crippen LogP contribution >= 0.6 is 0 Å². The molecule has 10 rings (SSSR count). The minimum absolute atomic E-state index is 0.445. The van der Waals surface area contributed by atoms with Crippen LogP contribution in [0, 0.1) is 0 Å². The summed E-state index contributed by atoms with van der Waals surface area (Å²) in [6.45, 7) is 0. The van der Waals surface area contributed by atoms with Gasteiger partial charge in [0.1, 0.15) is 0 Å². The van der Waals surface area contributed by atoms with Gasteiger partial charge in [-0.1, -0.05) is 152 Å². The summed E-state index contributed by atoms with van der Waals surface area (Å²) in [6, 6.07) is 70.6. The number of hydrogen-bond donors (Lipinski definition) is 0. The molecule has 0 aliphatic carbocycles. The number of hydrogen-bond acceptors (Lipinski definition) is 6. The van der Waals surface area contributed by atoms with Gasteiger partial charge in [-0.15, -0.1) is 20.4 Å². The summed E-state index contributed by atoms with van der Waals surface area (Å²) in [6.07, 6.45) is 0. The standard InChI is InChI=1S/C52H34N4O2/c1-5-16-35(17-6-1)39-24-15-25-40(32-39)47-33-41(51-55-53-49(57-51)37-20-9-3-10-21-37)28-30-45(47)46-31-29-42(52-56-54-50(58-52)38-22-11-4-12-23-38)34-48(46)44-27-14-13-26-43(44)36-18-7-2-8-19-36/h1-34H. The smallest absolute Gasteiger partial charge is 0.248 e. The van der Waals surface area contributed by atoms with E-state index in [9.17, 15) is 0 Å². The van der Waals surface area contributed by atoms with E-state index in [1.807, 2.05) is 72.8 Å². The van der Waals surface area contributed by atoms with Crippen LogP contribution in [-0.2, 0) is 0 Å². The molecule has 0 fully saturated rings. The highest BCUT2D eigenvalue weighted by Gasteiger charge is 2.21. The zero-order valence-corrected chi connectivity index (χ0v) is 31.2. The van der Waals surface area contributed by atoms with Gasteiger partial charge in [-0.25, -0.2) is 0 Å². The van der Waals surface area contributed by atoms with Crippen molar-refractivity contribution in [3.05, 3.63) is 206 Å². The Hall–Kier alpha value is -7.96. The summed E-state index contributed by atoms with van der Waals surface area (Å²) >= 11 is 0. The first-order valence-corrected chi connectivity index (χ1v) is 19.1. The average Bonchev–Trinajstić information content (AvgIpc) is 4.02. The summed E-state index contributed by atoms with van der Waals surface area (Å²) in [5, 5.41) is 17.9. The molecule has 274 valence electrons. The highest BCUT2D eigenvalue weighted by molar-refractivity contribution is 5.98. The van der Waals surface area contributed by atoms with E-state index in [0.717, 1.165) is 77.9 Å². The van der Waals surface area contributed by atoms with Crippen molar-refractivity contribution in [3.8, 4) is 101 Å². The van der Waals surface area contributed by atoms with Crippen LogP contribution in [0.4, 0.5) is 0 Å². The van der Waals surface area contributed by atoms with E-state index in [1.54, 1.807) is 0 Å². The molecule has 0 atom stereocenters. The summed E-state index contributed by atoms with van der Waals surface area (Å²) in [5.74, 6) is 1.83. The molecule has 58 heavy (non-hydrogen) atoms. The van der Waals surface area contributed by atoms with E-state index in [-0.39, 0.29) is 0 Å². The van der Waals surface area contributed by atoms with Gasteiger partial charge in [0, 0.05) is 22.3 Å². The van der Waals surface area contributed by atoms with E-state index in [0.29, 0.717) is 23.6 Å². The van der Waals surface area contributed by atoms with Gasteiger partial charge < -0.3 is 8.83 Å². The second-order valence-corrected chi connectivity index (χ2v) is 13.9. The third-order valence-electron chi connectivity index (χ3n) is 10.3. The largest absolute Gasteiger partial charge is 0.416 e. The lowest BCUT2D eigenvalue weighted by molar-refractivity contribution is 0.584. The van der Waals surface area contributed by atoms with Crippen molar-refractivity contribution >= 4 is 0 Å². The molecule has 0 N–H and O–H groups in total. The minimum Gasteiger partial charge on any atom is -0.416 e. The Morgan fingerprint density at radius 2 is 0.586 bits per heavy atom. The molecule has 0 amide bonds. The van der Waals surface area contributed by atoms with Crippen LogP contribution < -0.4 is 0 Å².